The third-order valence-corrected chi connectivity index (χ3v) is 7.71. The highest BCUT2D eigenvalue weighted by atomic mass is 19.4. The lowest BCUT2D eigenvalue weighted by Gasteiger charge is -2.30. The molecule has 0 aliphatic carbocycles. The van der Waals surface area contributed by atoms with E-state index in [1.165, 1.54) is 24.3 Å². The molecule has 0 bridgehead atoms. The molecule has 0 saturated carbocycles. The number of morpholine rings is 1. The summed E-state index contributed by atoms with van der Waals surface area (Å²) in [6.45, 7) is -3.72. The zero-order chi connectivity index (χ0) is 38.8. The first-order chi connectivity index (χ1) is 25.0. The molecule has 0 spiro atoms. The topological polar surface area (TPSA) is 140 Å². The van der Waals surface area contributed by atoms with Crippen molar-refractivity contribution < 1.29 is 68.1 Å². The molecule has 3 amide bonds. The van der Waals surface area contributed by atoms with E-state index in [1.807, 2.05) is 0 Å². The van der Waals surface area contributed by atoms with E-state index in [2.05, 4.69) is 25.7 Å². The maximum absolute atomic E-state index is 15.2. The summed E-state index contributed by atoms with van der Waals surface area (Å²) in [7, 11) is 0. The van der Waals surface area contributed by atoms with Gasteiger partial charge in [-0.25, -0.2) is 22.8 Å². The van der Waals surface area contributed by atoms with E-state index in [-0.39, 0.29) is 55.0 Å². The van der Waals surface area contributed by atoms with E-state index >= 15 is 4.39 Å². The largest absolute Gasteiger partial charge is 0.448 e. The van der Waals surface area contributed by atoms with Crippen LogP contribution in [0.2, 0.25) is 0 Å². The van der Waals surface area contributed by atoms with E-state index < -0.39 is 85.2 Å². The number of carbonyl (C=O) groups is 3. The van der Waals surface area contributed by atoms with Gasteiger partial charge >= 0.3 is 24.5 Å². The molecule has 2 aromatic carbocycles. The van der Waals surface area contributed by atoms with E-state index in [9.17, 15) is 49.5 Å². The molecule has 1 aromatic heterocycles. The van der Waals surface area contributed by atoms with Crippen LogP contribution < -0.4 is 21.3 Å². The number of halogens is 9. The van der Waals surface area contributed by atoms with Crippen molar-refractivity contribution in [2.45, 2.75) is 49.3 Å². The minimum Gasteiger partial charge on any atom is -0.448 e. The first-order valence-electron chi connectivity index (χ1n) is 15.7. The summed E-state index contributed by atoms with van der Waals surface area (Å²) in [4.78, 5) is 41.8. The lowest BCUT2D eigenvalue weighted by atomic mass is 9.84. The fourth-order valence-electron chi connectivity index (χ4n) is 5.23. The molecule has 288 valence electrons. The molecule has 4 N–H and O–H groups in total. The normalized spacial score (nSPS) is 16.8. The molecule has 3 atom stereocenters. The number of alkyl carbamates (subject to hydrolysis) is 2. The van der Waals surface area contributed by atoms with Crippen molar-refractivity contribution in [3.63, 3.8) is 0 Å². The highest BCUT2D eigenvalue weighted by molar-refractivity contribution is 5.98. The predicted octanol–water partition coefficient (Wildman–Crippen LogP) is 5.50. The monoisotopic (exact) mass is 765 g/mol. The van der Waals surface area contributed by atoms with Crippen LogP contribution in [0.15, 0.2) is 60.9 Å². The van der Waals surface area contributed by atoms with Crippen LogP contribution in [0.25, 0.3) is 0 Å². The number of ether oxygens (including phenoxy) is 3. The standard InChI is InChI=1S/C33H32F9N5O6/c34-20-5-1-18(2-6-20)27(19-3-7-21(35)8-4-19)28(47-31(50)53-17-33(40,41)42)29(48)46-26-13-43-12-25(36)24(26)10-9-23-11-44-22(14-51-23)15-52-30(49)45-16-32(37,38)39/h1-8,12-13,22-23,27-28,44H,9-11,14-17H2,(H,45,49)(H,46,48)(H,47,50)/t22-,23+,28-/m0/s1. The third kappa shape index (κ3) is 13.1. The summed E-state index contributed by atoms with van der Waals surface area (Å²) in [6, 6.07) is 6.76. The SMILES string of the molecule is O=C(NCC(F)(F)F)OC[C@@H]1CO[C@H](CCc2c(F)cncc2NC(=O)[C@@H](NC(=O)OCC(F)(F)F)C(c2ccc(F)cc2)c2ccc(F)cc2)CN1. The number of benzene rings is 2. The Balaban J connectivity index is 1.49. The summed E-state index contributed by atoms with van der Waals surface area (Å²) in [6.07, 6.45) is -10.9. The van der Waals surface area contributed by atoms with E-state index in [0.717, 1.165) is 36.7 Å². The van der Waals surface area contributed by atoms with Gasteiger partial charge in [-0.1, -0.05) is 24.3 Å². The molecule has 0 unspecified atom stereocenters. The Morgan fingerprint density at radius 1 is 0.868 bits per heavy atom. The lowest BCUT2D eigenvalue weighted by Crippen LogP contribution is -2.49. The number of hydrogen-bond acceptors (Lipinski definition) is 8. The van der Waals surface area contributed by atoms with Crippen molar-refractivity contribution in [2.24, 2.45) is 0 Å². The summed E-state index contributed by atoms with van der Waals surface area (Å²) in [5.74, 6) is -4.55. The van der Waals surface area contributed by atoms with Crippen LogP contribution in [0.5, 0.6) is 0 Å². The summed E-state index contributed by atoms with van der Waals surface area (Å²) < 4.78 is 133. The van der Waals surface area contributed by atoms with Crippen molar-refractivity contribution >= 4 is 23.8 Å². The molecule has 1 fully saturated rings. The van der Waals surface area contributed by atoms with Gasteiger partial charge in [0, 0.05) is 18.0 Å². The van der Waals surface area contributed by atoms with Gasteiger partial charge in [-0.3, -0.25) is 9.78 Å². The zero-order valence-electron chi connectivity index (χ0n) is 27.3. The van der Waals surface area contributed by atoms with Gasteiger partial charge in [-0.15, -0.1) is 0 Å². The molecule has 11 nitrogen and oxygen atoms in total. The molecule has 3 aromatic rings. The number of nitrogens with one attached hydrogen (secondary N) is 4. The Hall–Kier alpha value is -5.11. The first-order valence-corrected chi connectivity index (χ1v) is 15.7. The van der Waals surface area contributed by atoms with Crippen LogP contribution in [-0.2, 0) is 25.4 Å². The maximum atomic E-state index is 15.2. The van der Waals surface area contributed by atoms with Gasteiger partial charge in [0.1, 0.15) is 36.6 Å². The molecule has 2 heterocycles. The van der Waals surface area contributed by atoms with Crippen molar-refractivity contribution in [3.8, 4) is 0 Å². The van der Waals surface area contributed by atoms with E-state index in [1.54, 1.807) is 5.32 Å². The number of hydrogen-bond donors (Lipinski definition) is 4. The highest BCUT2D eigenvalue weighted by Crippen LogP contribution is 2.31. The second-order valence-corrected chi connectivity index (χ2v) is 11.7. The molecule has 1 aliphatic rings. The number of carbonyl (C=O) groups excluding carboxylic acids is 3. The number of alkyl halides is 6. The van der Waals surface area contributed by atoms with Crippen LogP contribution >= 0.6 is 0 Å². The molecule has 4 rings (SSSR count). The predicted molar refractivity (Wildman–Crippen MR) is 167 cm³/mol. The van der Waals surface area contributed by atoms with Crippen molar-refractivity contribution in [3.05, 3.63) is 95.1 Å². The fourth-order valence-corrected chi connectivity index (χ4v) is 5.23. The second kappa shape index (κ2) is 18.1. The van der Waals surface area contributed by atoms with Gasteiger partial charge in [0.2, 0.25) is 5.91 Å². The second-order valence-electron chi connectivity index (χ2n) is 11.7. The summed E-state index contributed by atoms with van der Waals surface area (Å²) in [5.41, 5.74) is 0.114. The smallest absolute Gasteiger partial charge is 0.422 e. The number of amides is 3. The number of aromatic nitrogens is 1. The van der Waals surface area contributed by atoms with Crippen LogP contribution in [-0.4, -0.2) is 86.5 Å². The molecular formula is C33H32F9N5O6. The minimum atomic E-state index is -4.91. The Kier molecular flexibility index (Phi) is 13.9. The van der Waals surface area contributed by atoms with Crippen molar-refractivity contribution in [1.82, 2.24) is 20.9 Å². The molecule has 1 saturated heterocycles. The Labute approximate surface area is 295 Å². The average molecular weight is 766 g/mol. The van der Waals surface area contributed by atoms with E-state index in [4.69, 9.17) is 9.47 Å². The van der Waals surface area contributed by atoms with Gasteiger partial charge in [-0.2, -0.15) is 26.3 Å². The van der Waals surface area contributed by atoms with Gasteiger partial charge < -0.3 is 35.5 Å². The molecule has 0 radical (unpaired) electrons. The third-order valence-electron chi connectivity index (χ3n) is 7.71. The Morgan fingerprint density at radius 3 is 2.04 bits per heavy atom. The number of anilines is 1. The lowest BCUT2D eigenvalue weighted by molar-refractivity contribution is -0.160. The summed E-state index contributed by atoms with van der Waals surface area (Å²) >= 11 is 0. The van der Waals surface area contributed by atoms with Crippen LogP contribution in [0, 0.1) is 17.5 Å². The highest BCUT2D eigenvalue weighted by Gasteiger charge is 2.36. The van der Waals surface area contributed by atoms with E-state index in [0.29, 0.717) is 0 Å². The molecule has 1 aliphatic heterocycles. The Morgan fingerprint density at radius 2 is 1.49 bits per heavy atom. The molecule has 20 heteroatoms. The number of rotatable bonds is 13. The minimum absolute atomic E-state index is 0.0222. The van der Waals surface area contributed by atoms with Crippen LogP contribution in [0.3, 0.4) is 0 Å². The summed E-state index contributed by atoms with van der Waals surface area (Å²) in [5, 5.41) is 9.12. The van der Waals surface area contributed by atoms with Crippen molar-refractivity contribution in [1.29, 1.82) is 0 Å². The zero-order valence-corrected chi connectivity index (χ0v) is 27.3. The van der Waals surface area contributed by atoms with Gasteiger partial charge in [-0.05, 0) is 48.2 Å². The Bertz CT molecular complexity index is 1640. The van der Waals surface area contributed by atoms with Crippen LogP contribution in [0.4, 0.5) is 54.8 Å². The average Bonchev–Trinajstić information content (AvgIpc) is 3.09. The van der Waals surface area contributed by atoms with Crippen LogP contribution in [0.1, 0.15) is 29.0 Å². The van der Waals surface area contributed by atoms with Gasteiger partial charge in [0.05, 0.1) is 36.8 Å². The molecule has 53 heavy (non-hydrogen) atoms. The number of pyridine rings is 1. The van der Waals surface area contributed by atoms with Crippen molar-refractivity contribution in [2.75, 3.05) is 38.2 Å². The van der Waals surface area contributed by atoms with Gasteiger partial charge in [0.15, 0.2) is 6.61 Å². The molecular weight excluding hydrogens is 733 g/mol. The van der Waals surface area contributed by atoms with Gasteiger partial charge in [0.25, 0.3) is 0 Å². The quantitative estimate of drug-likeness (QED) is 0.167. The number of nitrogens with zero attached hydrogens (tertiary/aromatic N) is 1. The fraction of sp³-hybridized carbons (Fsp3) is 0.394. The maximum Gasteiger partial charge on any atom is 0.422 e. The first kappa shape index (κ1) is 40.7.